The van der Waals surface area contributed by atoms with Crippen molar-refractivity contribution in [2.45, 2.75) is 32.4 Å². The number of carbonyl (C=O) groups is 1. The number of carbonyl (C=O) groups excluding carboxylic acids is 1. The van der Waals surface area contributed by atoms with E-state index < -0.39 is 11.5 Å². The molecule has 2 rings (SSSR count). The molecule has 1 aromatic rings. The molecule has 6 heteroatoms. The van der Waals surface area contributed by atoms with Gasteiger partial charge in [-0.05, 0) is 25.8 Å². The van der Waals surface area contributed by atoms with E-state index >= 15 is 0 Å². The molecule has 21 heavy (non-hydrogen) atoms. The summed E-state index contributed by atoms with van der Waals surface area (Å²) in [6.45, 7) is 3.93. The van der Waals surface area contributed by atoms with Gasteiger partial charge in [-0.3, -0.25) is 10.1 Å². The molecule has 1 aliphatic heterocycles. The molecule has 0 radical (unpaired) electrons. The lowest BCUT2D eigenvalue weighted by molar-refractivity contribution is -0.145. The van der Waals surface area contributed by atoms with Crippen LogP contribution in [0.4, 0.5) is 0 Å². The number of hydrogen-bond donors (Lipinski definition) is 1. The smallest absolute Gasteiger partial charge is 0.323 e. The van der Waals surface area contributed by atoms with Gasteiger partial charge in [-0.2, -0.15) is 5.26 Å². The Morgan fingerprint density at radius 2 is 2.38 bits per heavy atom. The van der Waals surface area contributed by atoms with Gasteiger partial charge in [-0.15, -0.1) is 0 Å². The number of nitrogens with zero attached hydrogens (tertiary/aromatic N) is 2. The van der Waals surface area contributed by atoms with E-state index in [1.54, 1.807) is 26.3 Å². The Hall–Kier alpha value is -2.13. The van der Waals surface area contributed by atoms with Gasteiger partial charge in [-0.1, -0.05) is 6.07 Å². The van der Waals surface area contributed by atoms with Crippen LogP contribution in [0.2, 0.25) is 0 Å². The fourth-order valence-electron chi connectivity index (χ4n) is 2.64. The molecule has 1 aliphatic rings. The van der Waals surface area contributed by atoms with E-state index in [0.29, 0.717) is 18.9 Å². The minimum Gasteiger partial charge on any atom is -0.481 e. The molecular weight excluding hydrogens is 270 g/mol. The monoisotopic (exact) mass is 289 g/mol. The third kappa shape index (κ3) is 2.98. The van der Waals surface area contributed by atoms with Gasteiger partial charge in [0.25, 0.3) is 0 Å². The molecule has 6 nitrogen and oxygen atoms in total. The van der Waals surface area contributed by atoms with Crippen LogP contribution in [0.15, 0.2) is 18.3 Å². The van der Waals surface area contributed by atoms with Crippen LogP contribution in [-0.2, 0) is 9.53 Å². The first-order chi connectivity index (χ1) is 10.0. The number of methoxy groups -OCH3 is 1. The van der Waals surface area contributed by atoms with Crippen LogP contribution in [0.5, 0.6) is 5.88 Å². The number of nitrogens with one attached hydrogen (secondary N) is 1. The first kappa shape index (κ1) is 15.3. The third-order valence-electron chi connectivity index (χ3n) is 3.76. The van der Waals surface area contributed by atoms with Crippen molar-refractivity contribution in [3.8, 4) is 11.9 Å². The minimum atomic E-state index is -0.687. The van der Waals surface area contributed by atoms with E-state index in [2.05, 4.69) is 16.4 Å². The summed E-state index contributed by atoms with van der Waals surface area (Å²) < 4.78 is 10.1. The largest absolute Gasteiger partial charge is 0.481 e. The number of rotatable bonds is 4. The van der Waals surface area contributed by atoms with E-state index in [-0.39, 0.29) is 12.0 Å². The number of ether oxygens (including phenoxy) is 2. The Morgan fingerprint density at radius 1 is 1.62 bits per heavy atom. The first-order valence-electron chi connectivity index (χ1n) is 6.88. The van der Waals surface area contributed by atoms with E-state index in [1.807, 2.05) is 13.0 Å². The maximum atomic E-state index is 11.9. The molecule has 0 bridgehead atoms. The highest BCUT2D eigenvalue weighted by molar-refractivity contribution is 5.76. The zero-order chi connectivity index (χ0) is 15.5. The predicted molar refractivity (Wildman–Crippen MR) is 75.4 cm³/mol. The summed E-state index contributed by atoms with van der Waals surface area (Å²) >= 11 is 0. The molecule has 2 unspecified atom stereocenters. The lowest BCUT2D eigenvalue weighted by atomic mass is 9.80. The Bertz CT molecular complexity index is 552. The van der Waals surface area contributed by atoms with Gasteiger partial charge >= 0.3 is 5.97 Å². The van der Waals surface area contributed by atoms with Gasteiger partial charge in [0.2, 0.25) is 5.88 Å². The fraction of sp³-hybridized carbons (Fsp3) is 0.533. The third-order valence-corrected chi connectivity index (χ3v) is 3.76. The number of hydrogen-bond acceptors (Lipinski definition) is 6. The molecule has 112 valence electrons. The van der Waals surface area contributed by atoms with Crippen molar-refractivity contribution < 1.29 is 14.3 Å². The maximum Gasteiger partial charge on any atom is 0.323 e. The maximum absolute atomic E-state index is 11.9. The van der Waals surface area contributed by atoms with E-state index in [9.17, 15) is 10.1 Å². The second-order valence-corrected chi connectivity index (χ2v) is 5.27. The summed E-state index contributed by atoms with van der Waals surface area (Å²) in [6.07, 6.45) is 2.08. The van der Waals surface area contributed by atoms with Gasteiger partial charge in [0, 0.05) is 12.3 Å². The number of pyridine rings is 1. The van der Waals surface area contributed by atoms with Crippen LogP contribution < -0.4 is 10.1 Å². The zero-order valence-electron chi connectivity index (χ0n) is 12.4. The molecule has 0 amide bonds. The Balaban J connectivity index is 2.24. The first-order valence-corrected chi connectivity index (χ1v) is 6.88. The van der Waals surface area contributed by atoms with Crippen molar-refractivity contribution in [2.24, 2.45) is 5.41 Å². The quantitative estimate of drug-likeness (QED) is 0.847. The van der Waals surface area contributed by atoms with Gasteiger partial charge in [0.1, 0.15) is 6.04 Å². The van der Waals surface area contributed by atoms with Crippen molar-refractivity contribution in [3.05, 3.63) is 23.9 Å². The lowest BCUT2D eigenvalue weighted by Gasteiger charge is -2.23. The van der Waals surface area contributed by atoms with E-state index in [4.69, 9.17) is 9.47 Å². The highest BCUT2D eigenvalue weighted by Gasteiger charge is 2.47. The molecule has 0 aromatic carbocycles. The summed E-state index contributed by atoms with van der Waals surface area (Å²) in [5.41, 5.74) is 0.167. The summed E-state index contributed by atoms with van der Waals surface area (Å²) in [4.78, 5) is 16.1. The van der Waals surface area contributed by atoms with Crippen molar-refractivity contribution >= 4 is 5.97 Å². The molecule has 1 N–H and O–H groups in total. The van der Waals surface area contributed by atoms with Gasteiger partial charge in [-0.25, -0.2) is 4.98 Å². The summed E-state index contributed by atoms with van der Waals surface area (Å²) in [5.74, 6) is 0.195. The SMILES string of the molecule is CCOC(=O)C1C[C@@](C)(C#N)C(c2ccc(OC)nc2)N1. The van der Waals surface area contributed by atoms with E-state index in [1.165, 1.54) is 0 Å². The standard InChI is InChI=1S/C15H19N3O3/c1-4-21-14(19)11-7-15(2,9-16)13(18-11)10-5-6-12(20-3)17-8-10/h5-6,8,11,13,18H,4,7H2,1-3H3/t11?,13?,15-/m0/s1. The highest BCUT2D eigenvalue weighted by atomic mass is 16.5. The van der Waals surface area contributed by atoms with Crippen molar-refractivity contribution in [1.82, 2.24) is 10.3 Å². The Labute approximate surface area is 124 Å². The summed E-state index contributed by atoms with van der Waals surface area (Å²) in [6, 6.07) is 5.17. The molecule has 0 saturated carbocycles. The van der Waals surface area contributed by atoms with Crippen molar-refractivity contribution in [3.63, 3.8) is 0 Å². The van der Waals surface area contributed by atoms with Crippen molar-refractivity contribution in [2.75, 3.05) is 13.7 Å². The van der Waals surface area contributed by atoms with Gasteiger partial charge in [0.05, 0.1) is 31.2 Å². The average molecular weight is 289 g/mol. The fourth-order valence-corrected chi connectivity index (χ4v) is 2.64. The molecule has 3 atom stereocenters. The lowest BCUT2D eigenvalue weighted by Crippen LogP contribution is -2.34. The number of esters is 1. The van der Waals surface area contributed by atoms with Crippen LogP contribution in [0.3, 0.4) is 0 Å². The zero-order valence-corrected chi connectivity index (χ0v) is 12.4. The summed E-state index contributed by atoms with van der Waals surface area (Å²) in [7, 11) is 1.55. The van der Waals surface area contributed by atoms with Crippen LogP contribution >= 0.6 is 0 Å². The van der Waals surface area contributed by atoms with Gasteiger partial charge in [0.15, 0.2) is 0 Å². The number of nitriles is 1. The predicted octanol–water partition coefficient (Wildman–Crippen LogP) is 1.59. The number of aromatic nitrogens is 1. The van der Waals surface area contributed by atoms with Crippen molar-refractivity contribution in [1.29, 1.82) is 5.26 Å². The molecule has 0 aliphatic carbocycles. The highest BCUT2D eigenvalue weighted by Crippen LogP contribution is 2.43. The minimum absolute atomic E-state index is 0.268. The van der Waals surface area contributed by atoms with Crippen LogP contribution in [0.1, 0.15) is 31.9 Å². The van der Waals surface area contributed by atoms with Crippen LogP contribution in [-0.4, -0.2) is 30.7 Å². The normalized spacial score (nSPS) is 27.9. The second-order valence-electron chi connectivity index (χ2n) is 5.27. The van der Waals surface area contributed by atoms with Crippen LogP contribution in [0, 0.1) is 16.7 Å². The summed E-state index contributed by atoms with van der Waals surface area (Å²) in [5, 5.41) is 12.7. The van der Waals surface area contributed by atoms with Crippen LogP contribution in [0.25, 0.3) is 0 Å². The Morgan fingerprint density at radius 3 is 2.90 bits per heavy atom. The Kier molecular flexibility index (Phi) is 4.43. The molecule has 0 spiro atoms. The molecule has 2 heterocycles. The molecule has 1 saturated heterocycles. The second kappa shape index (κ2) is 6.10. The molecule has 1 fully saturated rings. The average Bonchev–Trinajstić information content (AvgIpc) is 2.86. The topological polar surface area (TPSA) is 84.2 Å². The molecular formula is C15H19N3O3. The molecule has 1 aromatic heterocycles. The van der Waals surface area contributed by atoms with Gasteiger partial charge < -0.3 is 9.47 Å². The van der Waals surface area contributed by atoms with E-state index in [0.717, 1.165) is 5.56 Å².